The number of amides is 1. The van der Waals surface area contributed by atoms with Gasteiger partial charge in [-0.2, -0.15) is 0 Å². The van der Waals surface area contributed by atoms with Crippen LogP contribution in [0, 0.1) is 3.57 Å². The summed E-state index contributed by atoms with van der Waals surface area (Å²) in [6.45, 7) is 2.48. The molecule has 3 aromatic carbocycles. The van der Waals surface area contributed by atoms with Gasteiger partial charge in [-0.3, -0.25) is 4.79 Å². The first-order valence-corrected chi connectivity index (χ1v) is 13.0. The number of thioether (sulfide) groups is 1. The van der Waals surface area contributed by atoms with E-state index in [1.165, 1.54) is 17.3 Å². The fourth-order valence-corrected chi connectivity index (χ4v) is 5.20. The minimum atomic E-state index is -0.251. The van der Waals surface area contributed by atoms with Crippen molar-refractivity contribution < 1.29 is 9.53 Å². The summed E-state index contributed by atoms with van der Waals surface area (Å²) < 4.78 is 7.02. The fraction of sp³-hybridized carbons (Fsp3) is 0.160. The van der Waals surface area contributed by atoms with Gasteiger partial charge >= 0.3 is 0 Å². The Hall–Kier alpha value is -1.87. The molecule has 1 heterocycles. The number of nitrogens with one attached hydrogen (secondary N) is 2. The molecule has 4 rings (SSSR count). The Bertz CT molecular complexity index is 1160. The zero-order chi connectivity index (χ0) is 23.4. The molecule has 170 valence electrons. The van der Waals surface area contributed by atoms with Crippen LogP contribution in [0.1, 0.15) is 23.6 Å². The Kier molecular flexibility index (Phi) is 8.11. The second-order valence-corrected chi connectivity index (χ2v) is 10.6. The van der Waals surface area contributed by atoms with Gasteiger partial charge in [-0.05, 0) is 88.2 Å². The second kappa shape index (κ2) is 11.0. The van der Waals surface area contributed by atoms with Crippen molar-refractivity contribution in [2.24, 2.45) is 0 Å². The Morgan fingerprint density at radius 2 is 1.70 bits per heavy atom. The third kappa shape index (κ3) is 6.38. The van der Waals surface area contributed by atoms with Crippen molar-refractivity contribution in [1.82, 2.24) is 5.32 Å². The average Bonchev–Trinajstić information content (AvgIpc) is 3.13. The van der Waals surface area contributed by atoms with E-state index in [1.54, 1.807) is 18.2 Å². The van der Waals surface area contributed by atoms with Gasteiger partial charge in [0.2, 0.25) is 0 Å². The third-order valence-electron chi connectivity index (χ3n) is 5.01. The van der Waals surface area contributed by atoms with Crippen LogP contribution in [0.4, 0.5) is 5.69 Å². The maximum atomic E-state index is 12.5. The summed E-state index contributed by atoms with van der Waals surface area (Å²) in [5.74, 6) is 0.284. The molecule has 1 aliphatic heterocycles. The monoisotopic (exact) mass is 610 g/mol. The van der Waals surface area contributed by atoms with Crippen LogP contribution in [0.2, 0.25) is 10.0 Å². The van der Waals surface area contributed by atoms with Gasteiger partial charge in [0.15, 0.2) is 11.2 Å². The SMILES string of the molecule is CCc1ccc(N[C@H]2NC(=O)/C(=C/c3cc(Cl)c(OCc4ccc(I)cc4)c(Cl)c3)S2)cc1. The standard InChI is InChI=1S/C25H21Cl2IN2O2S/c1-2-15-5-9-19(10-6-15)29-25-30-24(31)22(33-25)13-17-11-20(26)23(21(27)12-17)32-14-16-3-7-18(28)8-4-16/h3-13,25,29H,2,14H2,1H3,(H,30,31)/b22-13-/t25-/m0/s1. The van der Waals surface area contributed by atoms with Gasteiger partial charge in [-0.1, -0.05) is 66.2 Å². The van der Waals surface area contributed by atoms with Crippen molar-refractivity contribution in [3.8, 4) is 5.75 Å². The number of ether oxygens (including phenoxy) is 1. The number of carbonyl (C=O) groups excluding carboxylic acids is 1. The topological polar surface area (TPSA) is 50.4 Å². The van der Waals surface area contributed by atoms with Crippen molar-refractivity contribution in [2.45, 2.75) is 25.4 Å². The first-order chi connectivity index (χ1) is 15.9. The molecule has 0 aliphatic carbocycles. The van der Waals surface area contributed by atoms with Gasteiger partial charge in [0.25, 0.3) is 5.91 Å². The van der Waals surface area contributed by atoms with Crippen LogP contribution in [0.15, 0.2) is 65.6 Å². The van der Waals surface area contributed by atoms with Gasteiger partial charge in [-0.25, -0.2) is 0 Å². The lowest BCUT2D eigenvalue weighted by Crippen LogP contribution is -2.30. The molecule has 1 aliphatic rings. The molecule has 4 nitrogen and oxygen atoms in total. The highest BCUT2D eigenvalue weighted by Crippen LogP contribution is 2.37. The van der Waals surface area contributed by atoms with Gasteiger partial charge in [0, 0.05) is 9.26 Å². The molecular formula is C25H21Cl2IN2O2S. The predicted octanol–water partition coefficient (Wildman–Crippen LogP) is 7.34. The zero-order valence-electron chi connectivity index (χ0n) is 17.7. The number of rotatable bonds is 7. The molecule has 2 N–H and O–H groups in total. The van der Waals surface area contributed by atoms with Gasteiger partial charge in [0.05, 0.1) is 15.0 Å². The smallest absolute Gasteiger partial charge is 0.260 e. The van der Waals surface area contributed by atoms with Gasteiger partial charge in [-0.15, -0.1) is 0 Å². The van der Waals surface area contributed by atoms with Gasteiger partial charge < -0.3 is 15.4 Å². The Morgan fingerprint density at radius 3 is 2.33 bits per heavy atom. The molecule has 0 radical (unpaired) electrons. The Morgan fingerprint density at radius 1 is 1.06 bits per heavy atom. The summed E-state index contributed by atoms with van der Waals surface area (Å²) in [6, 6.07) is 19.7. The van der Waals surface area contributed by atoms with Crippen molar-refractivity contribution in [3.63, 3.8) is 0 Å². The van der Waals surface area contributed by atoms with Crippen LogP contribution in [0.5, 0.6) is 5.75 Å². The molecule has 1 atom stereocenters. The molecule has 0 bridgehead atoms. The number of hydrogen-bond acceptors (Lipinski definition) is 4. The van der Waals surface area contributed by atoms with E-state index >= 15 is 0 Å². The Labute approximate surface area is 221 Å². The van der Waals surface area contributed by atoms with Crippen LogP contribution in [-0.2, 0) is 17.8 Å². The summed E-state index contributed by atoms with van der Waals surface area (Å²) >= 11 is 16.6. The van der Waals surface area contributed by atoms with E-state index in [0.29, 0.717) is 27.3 Å². The predicted molar refractivity (Wildman–Crippen MR) is 147 cm³/mol. The van der Waals surface area contributed by atoms with Crippen LogP contribution in [-0.4, -0.2) is 11.4 Å². The highest BCUT2D eigenvalue weighted by Gasteiger charge is 2.27. The van der Waals surface area contributed by atoms with Gasteiger partial charge in [0.1, 0.15) is 6.61 Å². The van der Waals surface area contributed by atoms with Crippen molar-refractivity contribution in [1.29, 1.82) is 0 Å². The minimum Gasteiger partial charge on any atom is -0.486 e. The number of aryl methyl sites for hydroxylation is 1. The van der Waals surface area contributed by atoms with E-state index in [9.17, 15) is 4.79 Å². The average molecular weight is 611 g/mol. The first-order valence-electron chi connectivity index (χ1n) is 10.3. The van der Waals surface area contributed by atoms with E-state index in [1.807, 2.05) is 36.4 Å². The lowest BCUT2D eigenvalue weighted by Gasteiger charge is -2.13. The van der Waals surface area contributed by atoms with Crippen LogP contribution >= 0.6 is 57.6 Å². The lowest BCUT2D eigenvalue weighted by atomic mass is 10.1. The molecule has 0 spiro atoms. The Balaban J connectivity index is 1.43. The number of halogens is 3. The van der Waals surface area contributed by atoms with E-state index < -0.39 is 0 Å². The number of hydrogen-bond donors (Lipinski definition) is 2. The molecule has 1 amide bonds. The molecule has 1 saturated heterocycles. The van der Waals surface area contributed by atoms with Crippen molar-refractivity contribution >= 4 is 75.2 Å². The van der Waals surface area contributed by atoms with Crippen molar-refractivity contribution in [2.75, 3.05) is 5.32 Å². The summed E-state index contributed by atoms with van der Waals surface area (Å²) in [4.78, 5) is 13.0. The summed E-state index contributed by atoms with van der Waals surface area (Å²) in [5, 5.41) is 7.06. The summed E-state index contributed by atoms with van der Waals surface area (Å²) in [7, 11) is 0. The molecule has 33 heavy (non-hydrogen) atoms. The van der Waals surface area contributed by atoms with Crippen LogP contribution in [0.25, 0.3) is 6.08 Å². The van der Waals surface area contributed by atoms with E-state index in [2.05, 4.69) is 52.3 Å². The third-order valence-corrected chi connectivity index (χ3v) is 7.31. The normalized spacial score (nSPS) is 16.7. The van der Waals surface area contributed by atoms with Crippen molar-refractivity contribution in [3.05, 3.63) is 95.9 Å². The summed E-state index contributed by atoms with van der Waals surface area (Å²) in [6.07, 6.45) is 2.77. The quantitative estimate of drug-likeness (QED) is 0.217. The molecule has 0 saturated carbocycles. The van der Waals surface area contributed by atoms with E-state index in [0.717, 1.165) is 26.8 Å². The van der Waals surface area contributed by atoms with E-state index in [-0.39, 0.29) is 11.4 Å². The number of carbonyl (C=O) groups is 1. The first kappa shape index (κ1) is 24.3. The largest absolute Gasteiger partial charge is 0.486 e. The maximum Gasteiger partial charge on any atom is 0.260 e. The lowest BCUT2D eigenvalue weighted by molar-refractivity contribution is -0.116. The molecule has 0 unspecified atom stereocenters. The fourth-order valence-electron chi connectivity index (χ4n) is 3.24. The molecule has 0 aromatic heterocycles. The number of benzene rings is 3. The van der Waals surface area contributed by atoms with Crippen LogP contribution < -0.4 is 15.4 Å². The summed E-state index contributed by atoms with van der Waals surface area (Å²) in [5.41, 5.74) is 3.72. The molecule has 1 fully saturated rings. The number of anilines is 1. The van der Waals surface area contributed by atoms with E-state index in [4.69, 9.17) is 27.9 Å². The molecule has 3 aromatic rings. The molecule has 8 heteroatoms. The zero-order valence-corrected chi connectivity index (χ0v) is 22.2. The van der Waals surface area contributed by atoms with Crippen LogP contribution in [0.3, 0.4) is 0 Å². The highest BCUT2D eigenvalue weighted by molar-refractivity contribution is 14.1. The second-order valence-electron chi connectivity index (χ2n) is 7.40. The maximum absolute atomic E-state index is 12.5. The molecular weight excluding hydrogens is 590 g/mol. The highest BCUT2D eigenvalue weighted by atomic mass is 127. The minimum absolute atomic E-state index is 0.144.